The lowest BCUT2D eigenvalue weighted by atomic mass is 10.1. The summed E-state index contributed by atoms with van der Waals surface area (Å²) in [5.74, 6) is -0.856. The number of carbonyl (C=O) groups is 2. The van der Waals surface area contributed by atoms with Gasteiger partial charge in [-0.25, -0.2) is 8.78 Å². The maximum atomic E-state index is 13.3. The fourth-order valence-corrected chi connectivity index (χ4v) is 4.56. The number of amides is 2. The third kappa shape index (κ3) is 4.07. The number of hydrogen-bond donors (Lipinski definition) is 1. The van der Waals surface area contributed by atoms with Gasteiger partial charge in [-0.15, -0.1) is 11.8 Å². The van der Waals surface area contributed by atoms with Crippen molar-refractivity contribution in [3.8, 4) is 0 Å². The molecule has 3 aromatic carbocycles. The SMILES string of the molecule is Cc1cc(C(=O)Nc2cccc(F)c2)ccc1N1C(=O)CSC1c1ccc(F)cc1. The number of aryl methyl sites for hydroxylation is 1. The fraction of sp³-hybridized carbons (Fsp3) is 0.130. The zero-order valence-corrected chi connectivity index (χ0v) is 16.9. The molecule has 1 unspecified atom stereocenters. The predicted octanol–water partition coefficient (Wildman–Crippen LogP) is 5.30. The Labute approximate surface area is 176 Å². The summed E-state index contributed by atoms with van der Waals surface area (Å²) in [6.07, 6.45) is 0. The fourth-order valence-electron chi connectivity index (χ4n) is 3.39. The first kappa shape index (κ1) is 20.1. The number of halogens is 2. The van der Waals surface area contributed by atoms with Crippen LogP contribution in [0.2, 0.25) is 0 Å². The largest absolute Gasteiger partial charge is 0.322 e. The predicted molar refractivity (Wildman–Crippen MR) is 115 cm³/mol. The van der Waals surface area contributed by atoms with Crippen LogP contribution in [0, 0.1) is 18.6 Å². The van der Waals surface area contributed by atoms with Gasteiger partial charge in [0.25, 0.3) is 5.91 Å². The van der Waals surface area contributed by atoms with E-state index < -0.39 is 5.82 Å². The van der Waals surface area contributed by atoms with E-state index in [1.165, 1.54) is 42.1 Å². The summed E-state index contributed by atoms with van der Waals surface area (Å²) in [6.45, 7) is 1.83. The molecule has 0 spiro atoms. The van der Waals surface area contributed by atoms with Crippen molar-refractivity contribution in [2.75, 3.05) is 16.0 Å². The van der Waals surface area contributed by atoms with E-state index in [9.17, 15) is 18.4 Å². The second-order valence-electron chi connectivity index (χ2n) is 6.94. The molecule has 3 aromatic rings. The van der Waals surface area contributed by atoms with E-state index >= 15 is 0 Å². The second-order valence-corrected chi connectivity index (χ2v) is 8.01. The molecule has 1 aliphatic rings. The van der Waals surface area contributed by atoms with Gasteiger partial charge in [0.2, 0.25) is 5.91 Å². The summed E-state index contributed by atoms with van der Waals surface area (Å²) in [5, 5.41) is 2.40. The maximum Gasteiger partial charge on any atom is 0.255 e. The Morgan fingerprint density at radius 1 is 1.03 bits per heavy atom. The molecule has 0 bridgehead atoms. The van der Waals surface area contributed by atoms with Gasteiger partial charge < -0.3 is 5.32 Å². The van der Waals surface area contributed by atoms with E-state index in [0.29, 0.717) is 22.7 Å². The highest BCUT2D eigenvalue weighted by Crippen LogP contribution is 2.42. The molecule has 0 aliphatic carbocycles. The monoisotopic (exact) mass is 424 g/mol. The van der Waals surface area contributed by atoms with E-state index in [2.05, 4.69) is 5.32 Å². The number of nitrogens with zero attached hydrogens (tertiary/aromatic N) is 1. The third-order valence-electron chi connectivity index (χ3n) is 4.82. The van der Waals surface area contributed by atoms with E-state index in [1.54, 1.807) is 41.3 Å². The zero-order chi connectivity index (χ0) is 21.3. The van der Waals surface area contributed by atoms with Gasteiger partial charge in [-0.2, -0.15) is 0 Å². The molecule has 4 nitrogen and oxygen atoms in total. The smallest absolute Gasteiger partial charge is 0.255 e. The molecular formula is C23H18F2N2O2S. The lowest BCUT2D eigenvalue weighted by Gasteiger charge is -2.26. The maximum absolute atomic E-state index is 13.3. The van der Waals surface area contributed by atoms with Crippen LogP contribution in [0.1, 0.15) is 26.9 Å². The third-order valence-corrected chi connectivity index (χ3v) is 6.04. The molecule has 1 atom stereocenters. The van der Waals surface area contributed by atoms with Gasteiger partial charge in [0.05, 0.1) is 5.75 Å². The minimum absolute atomic E-state index is 0.0469. The summed E-state index contributed by atoms with van der Waals surface area (Å²) in [6, 6.07) is 16.8. The standard InChI is InChI=1S/C23H18F2N2O2S/c1-14-11-16(22(29)26-19-4-2-3-18(25)12-19)7-10-20(14)27-21(28)13-30-23(27)15-5-8-17(24)9-6-15/h2-12,23H,13H2,1H3,(H,26,29). The molecule has 0 aromatic heterocycles. The molecule has 1 saturated heterocycles. The Morgan fingerprint density at radius 3 is 2.50 bits per heavy atom. The van der Waals surface area contributed by atoms with Gasteiger partial charge in [-0.1, -0.05) is 18.2 Å². The molecule has 4 rings (SSSR count). The quantitative estimate of drug-likeness (QED) is 0.618. The highest BCUT2D eigenvalue weighted by Gasteiger charge is 2.34. The molecular weight excluding hydrogens is 406 g/mol. The van der Waals surface area contributed by atoms with Crippen LogP contribution in [0.25, 0.3) is 0 Å². The summed E-state index contributed by atoms with van der Waals surface area (Å²) in [7, 11) is 0. The van der Waals surface area contributed by atoms with Crippen molar-refractivity contribution < 1.29 is 18.4 Å². The van der Waals surface area contributed by atoms with Gasteiger partial charge >= 0.3 is 0 Å². The van der Waals surface area contributed by atoms with Gasteiger partial charge in [0.1, 0.15) is 17.0 Å². The number of rotatable bonds is 4. The number of thioether (sulfide) groups is 1. The van der Waals surface area contributed by atoms with Crippen molar-refractivity contribution in [1.29, 1.82) is 0 Å². The molecule has 30 heavy (non-hydrogen) atoms. The molecule has 2 amide bonds. The lowest BCUT2D eigenvalue weighted by Crippen LogP contribution is -2.28. The van der Waals surface area contributed by atoms with Gasteiger partial charge in [-0.05, 0) is 66.6 Å². The first-order valence-electron chi connectivity index (χ1n) is 9.29. The highest BCUT2D eigenvalue weighted by molar-refractivity contribution is 8.00. The summed E-state index contributed by atoms with van der Waals surface area (Å²) in [5.41, 5.74) is 3.05. The Bertz CT molecular complexity index is 1120. The number of carbonyl (C=O) groups excluding carboxylic acids is 2. The van der Waals surface area contributed by atoms with Crippen molar-refractivity contribution in [3.05, 3.63) is 95.1 Å². The summed E-state index contributed by atoms with van der Waals surface area (Å²) >= 11 is 1.47. The van der Waals surface area contributed by atoms with E-state index in [0.717, 1.165) is 11.1 Å². The van der Waals surface area contributed by atoms with Gasteiger partial charge in [0.15, 0.2) is 0 Å². The minimum atomic E-state index is -0.434. The molecule has 1 N–H and O–H groups in total. The Kier molecular flexibility index (Phi) is 5.55. The zero-order valence-electron chi connectivity index (χ0n) is 16.1. The topological polar surface area (TPSA) is 49.4 Å². The number of hydrogen-bond acceptors (Lipinski definition) is 3. The van der Waals surface area contributed by atoms with Crippen molar-refractivity contribution >= 4 is 35.0 Å². The first-order valence-corrected chi connectivity index (χ1v) is 10.3. The van der Waals surface area contributed by atoms with Crippen LogP contribution in [0.3, 0.4) is 0 Å². The molecule has 7 heteroatoms. The summed E-state index contributed by atoms with van der Waals surface area (Å²) < 4.78 is 26.6. The van der Waals surface area contributed by atoms with Crippen LogP contribution in [-0.4, -0.2) is 17.6 Å². The van der Waals surface area contributed by atoms with Crippen LogP contribution in [0.5, 0.6) is 0 Å². The molecule has 1 aliphatic heterocycles. The van der Waals surface area contributed by atoms with Gasteiger partial charge in [-0.3, -0.25) is 14.5 Å². The van der Waals surface area contributed by atoms with Crippen molar-refractivity contribution in [2.45, 2.75) is 12.3 Å². The molecule has 0 radical (unpaired) electrons. The normalized spacial score (nSPS) is 16.0. The Morgan fingerprint density at radius 2 is 1.80 bits per heavy atom. The van der Waals surface area contributed by atoms with E-state index in [-0.39, 0.29) is 23.0 Å². The van der Waals surface area contributed by atoms with Crippen LogP contribution >= 0.6 is 11.8 Å². The molecule has 1 fully saturated rings. The van der Waals surface area contributed by atoms with Crippen molar-refractivity contribution in [2.24, 2.45) is 0 Å². The average Bonchev–Trinajstić information content (AvgIpc) is 3.09. The number of anilines is 2. The second kappa shape index (κ2) is 8.28. The first-order chi connectivity index (χ1) is 14.4. The van der Waals surface area contributed by atoms with Gasteiger partial charge in [0, 0.05) is 16.9 Å². The summed E-state index contributed by atoms with van der Waals surface area (Å²) in [4.78, 5) is 26.8. The van der Waals surface area contributed by atoms with Crippen LogP contribution in [0.15, 0.2) is 66.7 Å². The molecule has 1 heterocycles. The van der Waals surface area contributed by atoms with Crippen molar-refractivity contribution in [3.63, 3.8) is 0 Å². The lowest BCUT2D eigenvalue weighted by molar-refractivity contribution is -0.115. The average molecular weight is 424 g/mol. The Balaban J connectivity index is 1.59. The number of benzene rings is 3. The number of nitrogens with one attached hydrogen (secondary N) is 1. The van der Waals surface area contributed by atoms with E-state index in [1.807, 2.05) is 6.92 Å². The van der Waals surface area contributed by atoms with E-state index in [4.69, 9.17) is 0 Å². The van der Waals surface area contributed by atoms with Crippen LogP contribution in [-0.2, 0) is 4.79 Å². The highest BCUT2D eigenvalue weighted by atomic mass is 32.2. The Hall–Kier alpha value is -3.19. The molecule has 152 valence electrons. The van der Waals surface area contributed by atoms with Crippen LogP contribution < -0.4 is 10.2 Å². The minimum Gasteiger partial charge on any atom is -0.322 e. The molecule has 0 saturated carbocycles. The van der Waals surface area contributed by atoms with Crippen LogP contribution in [0.4, 0.5) is 20.2 Å². The van der Waals surface area contributed by atoms with Crippen molar-refractivity contribution in [1.82, 2.24) is 0 Å².